The fourth-order valence-corrected chi connectivity index (χ4v) is 3.67. The molecule has 1 saturated heterocycles. The highest BCUT2D eigenvalue weighted by Crippen LogP contribution is 2.39. The Bertz CT molecular complexity index is 425. The molecule has 1 N–H and O–H groups in total. The largest absolute Gasteiger partial charge is 0.496 e. The van der Waals surface area contributed by atoms with E-state index in [0.29, 0.717) is 12.0 Å². The Morgan fingerprint density at radius 2 is 2.26 bits per heavy atom. The fourth-order valence-electron chi connectivity index (χ4n) is 3.11. The van der Waals surface area contributed by atoms with Crippen LogP contribution in [0.25, 0.3) is 0 Å². The number of hydrogen-bond acceptors (Lipinski definition) is 3. The molecular formula is C15H23BrN2O. The summed E-state index contributed by atoms with van der Waals surface area (Å²) < 4.78 is 6.36. The average molecular weight is 327 g/mol. The summed E-state index contributed by atoms with van der Waals surface area (Å²) in [5.41, 5.74) is 1.38. The van der Waals surface area contributed by atoms with Gasteiger partial charge in [0.05, 0.1) is 11.6 Å². The number of likely N-dealkylation sites (tertiary alicyclic amines) is 1. The van der Waals surface area contributed by atoms with Crippen LogP contribution >= 0.6 is 15.9 Å². The molecule has 4 heteroatoms. The third-order valence-electron chi connectivity index (χ3n) is 4.02. The zero-order valence-electron chi connectivity index (χ0n) is 11.9. The third-order valence-corrected chi connectivity index (χ3v) is 4.64. The standard InChI is InChI=1S/C15H23BrN2O/c1-4-18-8-7-12(10-17-2)15(18)11-5-6-14(19-3)13(16)9-11/h5-6,9,12,15,17H,4,7-8,10H2,1-3H3. The lowest BCUT2D eigenvalue weighted by Crippen LogP contribution is -2.29. The van der Waals surface area contributed by atoms with Gasteiger partial charge in [0.15, 0.2) is 0 Å². The Morgan fingerprint density at radius 1 is 1.47 bits per heavy atom. The summed E-state index contributed by atoms with van der Waals surface area (Å²) in [4.78, 5) is 2.57. The minimum Gasteiger partial charge on any atom is -0.496 e. The summed E-state index contributed by atoms with van der Waals surface area (Å²) in [6.07, 6.45) is 1.27. The van der Waals surface area contributed by atoms with Crippen molar-refractivity contribution in [1.29, 1.82) is 0 Å². The summed E-state index contributed by atoms with van der Waals surface area (Å²) in [5, 5.41) is 3.33. The Hall–Kier alpha value is -0.580. The maximum atomic E-state index is 5.32. The Kier molecular flexibility index (Phi) is 5.25. The van der Waals surface area contributed by atoms with Crippen LogP contribution in [-0.2, 0) is 0 Å². The van der Waals surface area contributed by atoms with Gasteiger partial charge < -0.3 is 10.1 Å². The van der Waals surface area contributed by atoms with Crippen LogP contribution in [0.2, 0.25) is 0 Å². The van der Waals surface area contributed by atoms with E-state index in [9.17, 15) is 0 Å². The normalized spacial score (nSPS) is 23.8. The highest BCUT2D eigenvalue weighted by molar-refractivity contribution is 9.10. The molecule has 1 aliphatic rings. The second-order valence-corrected chi connectivity index (χ2v) is 5.93. The number of methoxy groups -OCH3 is 1. The second-order valence-electron chi connectivity index (χ2n) is 5.07. The van der Waals surface area contributed by atoms with Gasteiger partial charge in [-0.2, -0.15) is 0 Å². The summed E-state index contributed by atoms with van der Waals surface area (Å²) >= 11 is 3.60. The van der Waals surface area contributed by atoms with Crippen molar-refractivity contribution in [2.45, 2.75) is 19.4 Å². The van der Waals surface area contributed by atoms with Gasteiger partial charge in [-0.05, 0) is 72.6 Å². The number of ether oxygens (including phenoxy) is 1. The molecule has 106 valence electrons. The number of nitrogens with zero attached hydrogens (tertiary/aromatic N) is 1. The number of halogens is 1. The van der Waals surface area contributed by atoms with E-state index in [2.05, 4.69) is 51.3 Å². The first-order valence-electron chi connectivity index (χ1n) is 6.93. The number of nitrogens with one attached hydrogen (secondary N) is 1. The van der Waals surface area contributed by atoms with Crippen molar-refractivity contribution in [3.8, 4) is 5.75 Å². The predicted molar refractivity (Wildman–Crippen MR) is 82.7 cm³/mol. The SMILES string of the molecule is CCN1CCC(CNC)C1c1ccc(OC)c(Br)c1. The van der Waals surface area contributed by atoms with E-state index in [0.717, 1.165) is 23.3 Å². The number of benzene rings is 1. The van der Waals surface area contributed by atoms with Gasteiger partial charge in [0.25, 0.3) is 0 Å². The minimum atomic E-state index is 0.514. The van der Waals surface area contributed by atoms with Crippen LogP contribution in [0.1, 0.15) is 24.9 Å². The van der Waals surface area contributed by atoms with Gasteiger partial charge in [0.2, 0.25) is 0 Å². The molecule has 0 aliphatic carbocycles. The first kappa shape index (κ1) is 14.8. The van der Waals surface area contributed by atoms with Crippen molar-refractivity contribution >= 4 is 15.9 Å². The molecule has 2 atom stereocenters. The lowest BCUT2D eigenvalue weighted by molar-refractivity contribution is 0.238. The highest BCUT2D eigenvalue weighted by Gasteiger charge is 2.33. The van der Waals surface area contributed by atoms with Crippen LogP contribution < -0.4 is 10.1 Å². The second kappa shape index (κ2) is 6.73. The van der Waals surface area contributed by atoms with Crippen molar-refractivity contribution < 1.29 is 4.74 Å². The highest BCUT2D eigenvalue weighted by atomic mass is 79.9. The molecule has 3 nitrogen and oxygen atoms in total. The number of rotatable bonds is 5. The molecule has 0 spiro atoms. The monoisotopic (exact) mass is 326 g/mol. The molecule has 2 rings (SSSR count). The van der Waals surface area contributed by atoms with Crippen LogP contribution in [-0.4, -0.2) is 38.7 Å². The molecular weight excluding hydrogens is 304 g/mol. The lowest BCUT2D eigenvalue weighted by atomic mass is 9.93. The first-order valence-corrected chi connectivity index (χ1v) is 7.72. The molecule has 1 fully saturated rings. The van der Waals surface area contributed by atoms with Gasteiger partial charge in [-0.3, -0.25) is 4.90 Å². The van der Waals surface area contributed by atoms with Crippen molar-refractivity contribution in [1.82, 2.24) is 10.2 Å². The smallest absolute Gasteiger partial charge is 0.133 e. The Balaban J connectivity index is 2.27. The quantitative estimate of drug-likeness (QED) is 0.900. The van der Waals surface area contributed by atoms with E-state index >= 15 is 0 Å². The van der Waals surface area contributed by atoms with Crippen LogP contribution in [0.3, 0.4) is 0 Å². The van der Waals surface area contributed by atoms with E-state index in [4.69, 9.17) is 4.74 Å². The van der Waals surface area contributed by atoms with Crippen LogP contribution in [0.15, 0.2) is 22.7 Å². The maximum absolute atomic E-state index is 5.32. The molecule has 0 bridgehead atoms. The molecule has 1 aromatic rings. The van der Waals surface area contributed by atoms with Crippen molar-refractivity contribution in [3.05, 3.63) is 28.2 Å². The van der Waals surface area contributed by atoms with Gasteiger partial charge in [-0.1, -0.05) is 13.0 Å². The molecule has 19 heavy (non-hydrogen) atoms. The van der Waals surface area contributed by atoms with Crippen molar-refractivity contribution in [2.24, 2.45) is 5.92 Å². The fraction of sp³-hybridized carbons (Fsp3) is 0.600. The van der Waals surface area contributed by atoms with Gasteiger partial charge in [-0.25, -0.2) is 0 Å². The average Bonchev–Trinajstić information content (AvgIpc) is 2.82. The number of hydrogen-bond donors (Lipinski definition) is 1. The van der Waals surface area contributed by atoms with Crippen molar-refractivity contribution in [2.75, 3.05) is 33.8 Å². The van der Waals surface area contributed by atoms with Gasteiger partial charge in [0, 0.05) is 6.04 Å². The lowest BCUT2D eigenvalue weighted by Gasteiger charge is -2.28. The first-order chi connectivity index (χ1) is 9.21. The van der Waals surface area contributed by atoms with Gasteiger partial charge in [0.1, 0.15) is 5.75 Å². The third kappa shape index (κ3) is 3.12. The molecule has 0 aromatic heterocycles. The van der Waals surface area contributed by atoms with E-state index in [1.807, 2.05) is 7.05 Å². The molecule has 1 heterocycles. The van der Waals surface area contributed by atoms with Gasteiger partial charge >= 0.3 is 0 Å². The molecule has 2 unspecified atom stereocenters. The predicted octanol–water partition coefficient (Wildman–Crippen LogP) is 3.06. The van der Waals surface area contributed by atoms with Crippen LogP contribution in [0.4, 0.5) is 0 Å². The summed E-state index contributed by atoms with van der Waals surface area (Å²) in [7, 11) is 3.74. The molecule has 1 aromatic carbocycles. The van der Waals surface area contributed by atoms with E-state index in [-0.39, 0.29) is 0 Å². The van der Waals surface area contributed by atoms with Gasteiger partial charge in [-0.15, -0.1) is 0 Å². The zero-order valence-corrected chi connectivity index (χ0v) is 13.5. The molecule has 0 amide bonds. The Labute approximate surface area is 124 Å². The van der Waals surface area contributed by atoms with E-state index < -0.39 is 0 Å². The summed E-state index contributed by atoms with van der Waals surface area (Å²) in [6.45, 7) is 5.61. The van der Waals surface area contributed by atoms with E-state index in [1.54, 1.807) is 7.11 Å². The van der Waals surface area contributed by atoms with E-state index in [1.165, 1.54) is 18.5 Å². The summed E-state index contributed by atoms with van der Waals surface area (Å²) in [5.74, 6) is 1.58. The Morgan fingerprint density at radius 3 is 2.84 bits per heavy atom. The molecule has 1 aliphatic heterocycles. The van der Waals surface area contributed by atoms with Crippen LogP contribution in [0.5, 0.6) is 5.75 Å². The van der Waals surface area contributed by atoms with Crippen LogP contribution in [0, 0.1) is 5.92 Å². The zero-order chi connectivity index (χ0) is 13.8. The summed E-state index contributed by atoms with van der Waals surface area (Å²) in [6, 6.07) is 6.98. The minimum absolute atomic E-state index is 0.514. The molecule has 0 saturated carbocycles. The maximum Gasteiger partial charge on any atom is 0.133 e. The van der Waals surface area contributed by atoms with Crippen molar-refractivity contribution in [3.63, 3.8) is 0 Å². The topological polar surface area (TPSA) is 24.5 Å². The molecule has 0 radical (unpaired) electrons.